The molecule has 1 aromatic heterocycles. The van der Waals surface area contributed by atoms with Crippen LogP contribution in [0.5, 0.6) is 0 Å². The predicted octanol–water partition coefficient (Wildman–Crippen LogP) is -1.95. The number of rotatable bonds is 19. The van der Waals surface area contributed by atoms with Gasteiger partial charge in [-0.2, -0.15) is 0 Å². The van der Waals surface area contributed by atoms with Crippen molar-refractivity contribution in [3.8, 4) is 0 Å². The highest BCUT2D eigenvalue weighted by molar-refractivity contribution is 5.94. The molecular formula is C24H44N10O5. The number of nitrogens with one attached hydrogen (secondary N) is 4. The normalized spacial score (nSPS) is 14.8. The number of hydrogen-bond acceptors (Lipinski definition) is 8. The fraction of sp³-hybridized carbons (Fsp3) is 0.667. The maximum absolute atomic E-state index is 13.3. The third-order valence-electron chi connectivity index (χ3n) is 6.26. The van der Waals surface area contributed by atoms with E-state index in [-0.39, 0.29) is 37.7 Å². The molecule has 0 bridgehead atoms. The highest BCUT2D eigenvalue weighted by Crippen LogP contribution is 2.11. The van der Waals surface area contributed by atoms with Crippen molar-refractivity contribution in [1.29, 1.82) is 0 Å². The molecule has 5 unspecified atom stereocenters. The molecule has 0 saturated heterocycles. The summed E-state index contributed by atoms with van der Waals surface area (Å²) in [4.78, 5) is 61.6. The van der Waals surface area contributed by atoms with Crippen LogP contribution < -0.4 is 38.9 Å². The van der Waals surface area contributed by atoms with Gasteiger partial charge in [0.05, 0.1) is 12.4 Å². The number of aromatic nitrogens is 2. The first-order chi connectivity index (χ1) is 18.5. The SMILES string of the molecule is CCC(C)C(NC(=O)C(N)Cc1cnc[nH]1)C(=O)NC(CCCN=C(N)N)C(=O)NC(CCCCN)C(=O)O. The van der Waals surface area contributed by atoms with Crippen LogP contribution in [0.3, 0.4) is 0 Å². The molecule has 220 valence electrons. The Kier molecular flexibility index (Phi) is 15.1. The number of nitrogens with two attached hydrogens (primary N) is 4. The van der Waals surface area contributed by atoms with Crippen molar-refractivity contribution in [2.24, 2.45) is 33.8 Å². The number of carboxylic acids is 1. The standard InChI is InChI=1S/C24H44N10O5/c1-3-14(2)19(34-20(35)16(26)11-15-12-29-13-31-15)22(37)32-17(8-6-10-30-24(27)28)21(36)33-18(23(38)39)7-4-5-9-25/h12-14,16-19H,3-11,25-26H2,1-2H3,(H,29,31)(H,32,37)(H,33,36)(H,34,35)(H,38,39)(H4,27,28,30). The third-order valence-corrected chi connectivity index (χ3v) is 6.26. The summed E-state index contributed by atoms with van der Waals surface area (Å²) in [6.07, 6.45) is 5.54. The van der Waals surface area contributed by atoms with Gasteiger partial charge in [-0.05, 0) is 44.6 Å². The summed E-state index contributed by atoms with van der Waals surface area (Å²) in [5, 5.41) is 17.4. The first-order valence-corrected chi connectivity index (χ1v) is 13.1. The molecule has 13 N–H and O–H groups in total. The lowest BCUT2D eigenvalue weighted by Gasteiger charge is -2.28. The first kappa shape index (κ1) is 33.3. The minimum absolute atomic E-state index is 0.114. The van der Waals surface area contributed by atoms with Gasteiger partial charge in [-0.15, -0.1) is 0 Å². The number of H-pyrrole nitrogens is 1. The summed E-state index contributed by atoms with van der Waals surface area (Å²) >= 11 is 0. The zero-order valence-corrected chi connectivity index (χ0v) is 22.7. The van der Waals surface area contributed by atoms with E-state index in [0.29, 0.717) is 37.9 Å². The van der Waals surface area contributed by atoms with Crippen LogP contribution >= 0.6 is 0 Å². The van der Waals surface area contributed by atoms with Crippen LogP contribution in [0.1, 0.15) is 58.1 Å². The van der Waals surface area contributed by atoms with Crippen LogP contribution in [0, 0.1) is 5.92 Å². The van der Waals surface area contributed by atoms with Crippen molar-refractivity contribution in [3.63, 3.8) is 0 Å². The van der Waals surface area contributed by atoms with Crippen LogP contribution in [-0.2, 0) is 25.6 Å². The van der Waals surface area contributed by atoms with Gasteiger partial charge in [0.15, 0.2) is 5.96 Å². The van der Waals surface area contributed by atoms with Gasteiger partial charge in [-0.25, -0.2) is 9.78 Å². The quantitative estimate of drug-likeness (QED) is 0.0519. The number of nitrogens with zero attached hydrogens (tertiary/aromatic N) is 2. The first-order valence-electron chi connectivity index (χ1n) is 13.1. The van der Waals surface area contributed by atoms with Crippen molar-refractivity contribution in [2.45, 2.75) is 83.0 Å². The Labute approximate surface area is 228 Å². The number of amides is 3. The van der Waals surface area contributed by atoms with E-state index in [4.69, 9.17) is 22.9 Å². The lowest BCUT2D eigenvalue weighted by atomic mass is 9.96. The lowest BCUT2D eigenvalue weighted by molar-refractivity contribution is -0.142. The smallest absolute Gasteiger partial charge is 0.326 e. The Morgan fingerprint density at radius 2 is 1.69 bits per heavy atom. The van der Waals surface area contributed by atoms with E-state index >= 15 is 0 Å². The second-order valence-corrected chi connectivity index (χ2v) is 9.45. The van der Waals surface area contributed by atoms with Crippen LogP contribution in [0.4, 0.5) is 0 Å². The predicted molar refractivity (Wildman–Crippen MR) is 146 cm³/mol. The van der Waals surface area contributed by atoms with E-state index in [1.165, 1.54) is 6.33 Å². The number of guanidine groups is 1. The summed E-state index contributed by atoms with van der Waals surface area (Å²) in [5.41, 5.74) is 22.9. The average molecular weight is 553 g/mol. The molecule has 0 radical (unpaired) electrons. The minimum atomic E-state index is -1.19. The van der Waals surface area contributed by atoms with Gasteiger partial charge in [0.1, 0.15) is 18.1 Å². The molecule has 0 aliphatic carbocycles. The van der Waals surface area contributed by atoms with Gasteiger partial charge in [-0.3, -0.25) is 19.4 Å². The van der Waals surface area contributed by atoms with Crippen molar-refractivity contribution in [1.82, 2.24) is 25.9 Å². The Balaban J connectivity index is 3.01. The Morgan fingerprint density at radius 3 is 2.26 bits per heavy atom. The van der Waals surface area contributed by atoms with Gasteiger partial charge in [0, 0.05) is 24.9 Å². The molecule has 5 atom stereocenters. The molecule has 0 fully saturated rings. The summed E-state index contributed by atoms with van der Waals surface area (Å²) in [5.74, 6) is -3.40. The summed E-state index contributed by atoms with van der Waals surface area (Å²) in [6.45, 7) is 4.25. The number of carbonyl (C=O) groups is 4. The second-order valence-electron chi connectivity index (χ2n) is 9.45. The van der Waals surface area contributed by atoms with E-state index in [0.717, 1.165) is 0 Å². The van der Waals surface area contributed by atoms with E-state index < -0.39 is 47.9 Å². The number of carbonyl (C=O) groups excluding carboxylic acids is 3. The molecule has 0 aromatic carbocycles. The van der Waals surface area contributed by atoms with Crippen LogP contribution in [0.2, 0.25) is 0 Å². The van der Waals surface area contributed by atoms with Crippen molar-refractivity contribution in [2.75, 3.05) is 13.1 Å². The van der Waals surface area contributed by atoms with Gasteiger partial charge >= 0.3 is 5.97 Å². The zero-order chi connectivity index (χ0) is 29.4. The maximum Gasteiger partial charge on any atom is 0.326 e. The Morgan fingerprint density at radius 1 is 1.03 bits per heavy atom. The number of aliphatic carboxylic acids is 1. The fourth-order valence-electron chi connectivity index (χ4n) is 3.74. The maximum atomic E-state index is 13.3. The molecule has 1 rings (SSSR count). The van der Waals surface area contributed by atoms with E-state index in [9.17, 15) is 24.3 Å². The Hall–Kier alpha value is -3.72. The van der Waals surface area contributed by atoms with Gasteiger partial charge < -0.3 is 49.0 Å². The lowest BCUT2D eigenvalue weighted by Crippen LogP contribution is -2.58. The number of hydrogen-bond donors (Lipinski definition) is 9. The van der Waals surface area contributed by atoms with Crippen LogP contribution in [0.15, 0.2) is 17.5 Å². The van der Waals surface area contributed by atoms with E-state index in [2.05, 4.69) is 30.9 Å². The van der Waals surface area contributed by atoms with Crippen LogP contribution in [0.25, 0.3) is 0 Å². The number of imidazole rings is 1. The Bertz CT molecular complexity index is 936. The van der Waals surface area contributed by atoms with Crippen LogP contribution in [-0.4, -0.2) is 82.0 Å². The molecule has 0 aliphatic heterocycles. The summed E-state index contributed by atoms with van der Waals surface area (Å²) in [7, 11) is 0. The average Bonchev–Trinajstić information content (AvgIpc) is 3.40. The molecule has 3 amide bonds. The van der Waals surface area contributed by atoms with Crippen molar-refractivity contribution < 1.29 is 24.3 Å². The molecule has 15 heteroatoms. The highest BCUT2D eigenvalue weighted by atomic mass is 16.4. The van der Waals surface area contributed by atoms with E-state index in [1.54, 1.807) is 13.1 Å². The molecule has 1 heterocycles. The van der Waals surface area contributed by atoms with E-state index in [1.807, 2.05) is 6.92 Å². The van der Waals surface area contributed by atoms with Gasteiger partial charge in [-0.1, -0.05) is 20.3 Å². The van der Waals surface area contributed by atoms with Gasteiger partial charge in [0.25, 0.3) is 0 Å². The molecule has 0 saturated carbocycles. The number of carboxylic acid groups (broad SMARTS) is 1. The summed E-state index contributed by atoms with van der Waals surface area (Å²) < 4.78 is 0. The third kappa shape index (κ3) is 12.6. The number of aliphatic imine (C=N–C) groups is 1. The second kappa shape index (κ2) is 17.7. The highest BCUT2D eigenvalue weighted by Gasteiger charge is 2.32. The topological polar surface area (TPSA) is 270 Å². The summed E-state index contributed by atoms with van der Waals surface area (Å²) in [6, 6.07) is -4.16. The molecule has 39 heavy (non-hydrogen) atoms. The van der Waals surface area contributed by atoms with Gasteiger partial charge in [0.2, 0.25) is 17.7 Å². The fourth-order valence-corrected chi connectivity index (χ4v) is 3.74. The molecule has 15 nitrogen and oxygen atoms in total. The number of aromatic amines is 1. The molecule has 0 aliphatic rings. The zero-order valence-electron chi connectivity index (χ0n) is 22.7. The van der Waals surface area contributed by atoms with Crippen molar-refractivity contribution >= 4 is 29.7 Å². The number of unbranched alkanes of at least 4 members (excludes halogenated alkanes) is 1. The largest absolute Gasteiger partial charge is 0.480 e. The van der Waals surface area contributed by atoms with Crippen molar-refractivity contribution in [3.05, 3.63) is 18.2 Å². The molecular weight excluding hydrogens is 508 g/mol. The monoisotopic (exact) mass is 552 g/mol. The molecule has 1 aromatic rings. The molecule has 0 spiro atoms. The minimum Gasteiger partial charge on any atom is -0.480 e.